The van der Waals surface area contributed by atoms with Gasteiger partial charge in [0, 0.05) is 11.7 Å². The van der Waals surface area contributed by atoms with Crippen LogP contribution in [-0.2, 0) is 0 Å². The van der Waals surface area contributed by atoms with E-state index in [2.05, 4.69) is 25.2 Å². The summed E-state index contributed by atoms with van der Waals surface area (Å²) in [5, 5.41) is 3.62. The molecule has 12 heavy (non-hydrogen) atoms. The van der Waals surface area contributed by atoms with Crippen LogP contribution in [0.1, 0.15) is 52.4 Å². The highest BCUT2D eigenvalue weighted by atomic mass is 14.9. The van der Waals surface area contributed by atoms with Gasteiger partial charge in [-0.1, -0.05) is 32.3 Å². The van der Waals surface area contributed by atoms with Gasteiger partial charge < -0.3 is 5.32 Å². The third kappa shape index (κ3) is 2.88. The van der Waals surface area contributed by atoms with Gasteiger partial charge >= 0.3 is 0 Å². The van der Waals surface area contributed by atoms with Crippen LogP contribution >= 0.6 is 0 Å². The maximum absolute atomic E-state index is 3.62. The van der Waals surface area contributed by atoms with E-state index in [-0.39, 0.29) is 0 Å². The van der Waals surface area contributed by atoms with Crippen molar-refractivity contribution in [3.63, 3.8) is 0 Å². The van der Waals surface area contributed by atoms with Crippen molar-refractivity contribution in [2.45, 2.75) is 58.4 Å². The molecule has 0 radical (unpaired) electrons. The standard InChI is InChI=1S/C11H21N/c1-3-10(4-2)12-11-8-6-5-7-9-11/h3,11-12H,4-9H2,1-2H3/b10-3+. The normalized spacial score (nSPS) is 21.0. The fourth-order valence-corrected chi connectivity index (χ4v) is 1.90. The maximum atomic E-state index is 3.62. The molecule has 1 N–H and O–H groups in total. The summed E-state index contributed by atoms with van der Waals surface area (Å²) < 4.78 is 0. The molecule has 1 rings (SSSR count). The van der Waals surface area contributed by atoms with Gasteiger partial charge in [0.2, 0.25) is 0 Å². The lowest BCUT2D eigenvalue weighted by atomic mass is 9.95. The summed E-state index contributed by atoms with van der Waals surface area (Å²) in [7, 11) is 0. The fourth-order valence-electron chi connectivity index (χ4n) is 1.90. The predicted molar refractivity (Wildman–Crippen MR) is 54.1 cm³/mol. The van der Waals surface area contributed by atoms with Crippen molar-refractivity contribution in [3.05, 3.63) is 11.8 Å². The molecule has 0 spiro atoms. The summed E-state index contributed by atoms with van der Waals surface area (Å²) in [6.07, 6.45) is 10.4. The molecule has 0 heterocycles. The van der Waals surface area contributed by atoms with E-state index < -0.39 is 0 Å². The van der Waals surface area contributed by atoms with Crippen LogP contribution in [0.15, 0.2) is 11.8 Å². The Morgan fingerprint density at radius 3 is 2.50 bits per heavy atom. The summed E-state index contributed by atoms with van der Waals surface area (Å²) in [6.45, 7) is 4.33. The van der Waals surface area contributed by atoms with Gasteiger partial charge in [0.25, 0.3) is 0 Å². The summed E-state index contributed by atoms with van der Waals surface area (Å²) >= 11 is 0. The first-order valence-electron chi connectivity index (χ1n) is 5.28. The Labute approximate surface area is 76.2 Å². The molecule has 0 aromatic rings. The van der Waals surface area contributed by atoms with E-state index in [4.69, 9.17) is 0 Å². The molecule has 0 aromatic heterocycles. The Hall–Kier alpha value is -0.460. The van der Waals surface area contributed by atoms with E-state index in [9.17, 15) is 0 Å². The van der Waals surface area contributed by atoms with Gasteiger partial charge in [0.05, 0.1) is 0 Å². The third-order valence-electron chi connectivity index (χ3n) is 2.72. The molecule has 0 bridgehead atoms. The van der Waals surface area contributed by atoms with Crippen LogP contribution in [0.4, 0.5) is 0 Å². The fraction of sp³-hybridized carbons (Fsp3) is 0.818. The average Bonchev–Trinajstić information content (AvgIpc) is 2.16. The molecule has 1 aliphatic rings. The topological polar surface area (TPSA) is 12.0 Å². The van der Waals surface area contributed by atoms with E-state index in [1.807, 2.05) is 0 Å². The highest BCUT2D eigenvalue weighted by molar-refractivity contribution is 4.98. The van der Waals surface area contributed by atoms with E-state index in [1.54, 1.807) is 0 Å². The molecule has 1 fully saturated rings. The molecular weight excluding hydrogens is 146 g/mol. The van der Waals surface area contributed by atoms with Crippen molar-refractivity contribution in [1.29, 1.82) is 0 Å². The molecular formula is C11H21N. The second-order valence-corrected chi connectivity index (χ2v) is 3.65. The van der Waals surface area contributed by atoms with Crippen molar-refractivity contribution >= 4 is 0 Å². The Bertz CT molecular complexity index is 143. The van der Waals surface area contributed by atoms with E-state index in [1.165, 1.54) is 37.8 Å². The van der Waals surface area contributed by atoms with Gasteiger partial charge in [0.15, 0.2) is 0 Å². The maximum Gasteiger partial charge on any atom is 0.0258 e. The molecule has 0 aliphatic heterocycles. The third-order valence-corrected chi connectivity index (χ3v) is 2.72. The number of hydrogen-bond donors (Lipinski definition) is 1. The molecule has 0 aromatic carbocycles. The molecule has 70 valence electrons. The van der Waals surface area contributed by atoms with Crippen LogP contribution in [0.2, 0.25) is 0 Å². The SMILES string of the molecule is C/C=C(\CC)NC1CCCCC1. The lowest BCUT2D eigenvalue weighted by molar-refractivity contribution is 0.393. The first-order valence-corrected chi connectivity index (χ1v) is 5.28. The first kappa shape index (κ1) is 9.63. The lowest BCUT2D eigenvalue weighted by Crippen LogP contribution is -2.30. The second-order valence-electron chi connectivity index (χ2n) is 3.65. The quantitative estimate of drug-likeness (QED) is 0.680. The van der Waals surface area contributed by atoms with Crippen molar-refractivity contribution < 1.29 is 0 Å². The molecule has 1 aliphatic carbocycles. The van der Waals surface area contributed by atoms with Crippen molar-refractivity contribution in [3.8, 4) is 0 Å². The summed E-state index contributed by atoms with van der Waals surface area (Å²) in [4.78, 5) is 0. The van der Waals surface area contributed by atoms with Crippen LogP contribution in [0, 0.1) is 0 Å². The van der Waals surface area contributed by atoms with Gasteiger partial charge in [-0.2, -0.15) is 0 Å². The number of nitrogens with one attached hydrogen (secondary N) is 1. The van der Waals surface area contributed by atoms with E-state index in [0.29, 0.717) is 0 Å². The van der Waals surface area contributed by atoms with E-state index >= 15 is 0 Å². The molecule has 0 saturated heterocycles. The number of allylic oxidation sites excluding steroid dienone is 2. The van der Waals surface area contributed by atoms with Gasteiger partial charge in [-0.3, -0.25) is 0 Å². The molecule has 1 nitrogen and oxygen atoms in total. The van der Waals surface area contributed by atoms with Gasteiger partial charge in [0.1, 0.15) is 0 Å². The zero-order chi connectivity index (χ0) is 8.81. The lowest BCUT2D eigenvalue weighted by Gasteiger charge is -2.24. The Morgan fingerprint density at radius 1 is 1.33 bits per heavy atom. The van der Waals surface area contributed by atoms with Crippen LogP contribution in [-0.4, -0.2) is 6.04 Å². The first-order chi connectivity index (χ1) is 5.86. The monoisotopic (exact) mass is 167 g/mol. The minimum absolute atomic E-state index is 0.768. The Balaban J connectivity index is 2.28. The van der Waals surface area contributed by atoms with Gasteiger partial charge in [-0.05, 0) is 26.2 Å². The Morgan fingerprint density at radius 2 is 2.00 bits per heavy atom. The van der Waals surface area contributed by atoms with Crippen LogP contribution < -0.4 is 5.32 Å². The highest BCUT2D eigenvalue weighted by Crippen LogP contribution is 2.18. The van der Waals surface area contributed by atoms with Crippen LogP contribution in [0.5, 0.6) is 0 Å². The molecule has 0 unspecified atom stereocenters. The van der Waals surface area contributed by atoms with Crippen molar-refractivity contribution in [2.75, 3.05) is 0 Å². The summed E-state index contributed by atoms with van der Waals surface area (Å²) in [5.41, 5.74) is 1.42. The largest absolute Gasteiger partial charge is 0.386 e. The van der Waals surface area contributed by atoms with Crippen LogP contribution in [0.25, 0.3) is 0 Å². The predicted octanol–water partition coefficient (Wildman–Crippen LogP) is 3.22. The van der Waals surface area contributed by atoms with Crippen molar-refractivity contribution in [1.82, 2.24) is 5.32 Å². The van der Waals surface area contributed by atoms with Crippen LogP contribution in [0.3, 0.4) is 0 Å². The number of rotatable bonds is 3. The minimum Gasteiger partial charge on any atom is -0.386 e. The summed E-state index contributed by atoms with van der Waals surface area (Å²) in [5.74, 6) is 0. The zero-order valence-electron chi connectivity index (χ0n) is 8.40. The minimum atomic E-state index is 0.768. The van der Waals surface area contributed by atoms with Crippen molar-refractivity contribution in [2.24, 2.45) is 0 Å². The molecule has 1 saturated carbocycles. The molecule has 1 heteroatoms. The smallest absolute Gasteiger partial charge is 0.0258 e. The Kier molecular flexibility index (Phi) is 4.20. The zero-order valence-corrected chi connectivity index (χ0v) is 8.40. The highest BCUT2D eigenvalue weighted by Gasteiger charge is 2.12. The van der Waals surface area contributed by atoms with Gasteiger partial charge in [-0.25, -0.2) is 0 Å². The second kappa shape index (κ2) is 5.23. The summed E-state index contributed by atoms with van der Waals surface area (Å²) in [6, 6.07) is 0.768. The molecule has 0 amide bonds. The van der Waals surface area contributed by atoms with E-state index in [0.717, 1.165) is 12.5 Å². The van der Waals surface area contributed by atoms with Gasteiger partial charge in [-0.15, -0.1) is 0 Å². The number of hydrogen-bond acceptors (Lipinski definition) is 1. The molecule has 0 atom stereocenters. The average molecular weight is 167 g/mol.